The summed E-state index contributed by atoms with van der Waals surface area (Å²) < 4.78 is 0. The second-order valence-electron chi connectivity index (χ2n) is 5.56. The molecule has 0 aromatic carbocycles. The Morgan fingerprint density at radius 1 is 1.25 bits per heavy atom. The van der Waals surface area contributed by atoms with Crippen LogP contribution in [0.5, 0.6) is 0 Å². The Kier molecular flexibility index (Phi) is 5.98. The molecule has 0 radical (unpaired) electrons. The van der Waals surface area contributed by atoms with E-state index >= 15 is 0 Å². The number of carboxylic acid groups (broad SMARTS) is 1. The van der Waals surface area contributed by atoms with E-state index in [4.69, 9.17) is 0 Å². The Balaban J connectivity index is 2.82. The number of rotatable bonds is 6. The number of carboxylic acids is 1. The van der Waals surface area contributed by atoms with Crippen LogP contribution in [-0.4, -0.2) is 47.9 Å². The van der Waals surface area contributed by atoms with Gasteiger partial charge in [-0.2, -0.15) is 0 Å². The van der Waals surface area contributed by atoms with Crippen LogP contribution in [-0.2, 0) is 14.4 Å². The lowest BCUT2D eigenvalue weighted by molar-refractivity contribution is -0.149. The average Bonchev–Trinajstić information content (AvgIpc) is 2.79. The standard InChI is InChI=1S/C14H24N2O4/c1-4-5-16(8-12(17)15-3)13(18)10-6-9(2)7-11(10)14(19)20/h9-11H,4-8H2,1-3H3,(H,15,17)(H,19,20). The molecule has 2 N–H and O–H groups in total. The second-order valence-corrected chi connectivity index (χ2v) is 5.56. The van der Waals surface area contributed by atoms with Gasteiger partial charge in [-0.3, -0.25) is 14.4 Å². The van der Waals surface area contributed by atoms with Crippen LogP contribution in [0.4, 0.5) is 0 Å². The van der Waals surface area contributed by atoms with Gasteiger partial charge < -0.3 is 15.3 Å². The Morgan fingerprint density at radius 3 is 2.35 bits per heavy atom. The summed E-state index contributed by atoms with van der Waals surface area (Å²) in [5, 5.41) is 11.7. The average molecular weight is 284 g/mol. The number of hydrogen-bond acceptors (Lipinski definition) is 3. The first-order chi connectivity index (χ1) is 9.40. The zero-order chi connectivity index (χ0) is 15.3. The van der Waals surface area contributed by atoms with Gasteiger partial charge in [0, 0.05) is 13.6 Å². The molecule has 1 saturated carbocycles. The van der Waals surface area contributed by atoms with Gasteiger partial charge in [-0.25, -0.2) is 0 Å². The minimum atomic E-state index is -0.913. The normalized spacial score (nSPS) is 25.2. The number of likely N-dealkylation sites (N-methyl/N-ethyl adjacent to an activating group) is 1. The maximum absolute atomic E-state index is 12.5. The fourth-order valence-electron chi connectivity index (χ4n) is 2.86. The summed E-state index contributed by atoms with van der Waals surface area (Å²) in [7, 11) is 1.52. The molecule has 2 amide bonds. The quantitative estimate of drug-likeness (QED) is 0.752. The van der Waals surface area contributed by atoms with Crippen molar-refractivity contribution < 1.29 is 19.5 Å². The van der Waals surface area contributed by atoms with Crippen molar-refractivity contribution in [3.8, 4) is 0 Å². The number of nitrogens with zero attached hydrogens (tertiary/aromatic N) is 1. The fourth-order valence-corrected chi connectivity index (χ4v) is 2.86. The van der Waals surface area contributed by atoms with Crippen LogP contribution in [0.1, 0.15) is 33.1 Å². The van der Waals surface area contributed by atoms with Crippen molar-refractivity contribution in [1.29, 1.82) is 0 Å². The Bertz CT molecular complexity index is 383. The summed E-state index contributed by atoms with van der Waals surface area (Å²) in [6.45, 7) is 4.37. The molecule has 1 rings (SSSR count). The Hall–Kier alpha value is -1.59. The van der Waals surface area contributed by atoms with Crippen molar-refractivity contribution in [2.75, 3.05) is 20.1 Å². The van der Waals surface area contributed by atoms with Crippen LogP contribution in [0, 0.1) is 17.8 Å². The molecule has 114 valence electrons. The minimum Gasteiger partial charge on any atom is -0.481 e. The first kappa shape index (κ1) is 16.5. The van der Waals surface area contributed by atoms with Gasteiger partial charge in [-0.05, 0) is 25.2 Å². The van der Waals surface area contributed by atoms with Gasteiger partial charge in [0.15, 0.2) is 0 Å². The summed E-state index contributed by atoms with van der Waals surface area (Å²) >= 11 is 0. The Labute approximate surface area is 119 Å². The Morgan fingerprint density at radius 2 is 1.85 bits per heavy atom. The van der Waals surface area contributed by atoms with E-state index in [0.717, 1.165) is 6.42 Å². The molecule has 0 heterocycles. The van der Waals surface area contributed by atoms with E-state index in [2.05, 4.69) is 5.32 Å². The van der Waals surface area contributed by atoms with Crippen molar-refractivity contribution in [3.05, 3.63) is 0 Å². The molecule has 0 aliphatic heterocycles. The lowest BCUT2D eigenvalue weighted by atomic mass is 9.94. The summed E-state index contributed by atoms with van der Waals surface area (Å²) in [6, 6.07) is 0. The van der Waals surface area contributed by atoms with Gasteiger partial charge in [0.05, 0.1) is 18.4 Å². The summed E-state index contributed by atoms with van der Waals surface area (Å²) in [6.07, 6.45) is 1.86. The lowest BCUT2D eigenvalue weighted by Gasteiger charge is -2.26. The maximum Gasteiger partial charge on any atom is 0.307 e. The number of hydrogen-bond donors (Lipinski definition) is 2. The number of carbonyl (C=O) groups is 3. The third kappa shape index (κ3) is 3.95. The molecule has 6 heteroatoms. The van der Waals surface area contributed by atoms with E-state index in [1.54, 1.807) is 0 Å². The molecule has 6 nitrogen and oxygen atoms in total. The van der Waals surface area contributed by atoms with Crippen LogP contribution >= 0.6 is 0 Å². The highest BCUT2D eigenvalue weighted by Gasteiger charge is 2.42. The van der Waals surface area contributed by atoms with Crippen molar-refractivity contribution in [2.45, 2.75) is 33.1 Å². The van der Waals surface area contributed by atoms with Crippen LogP contribution in [0.3, 0.4) is 0 Å². The van der Waals surface area contributed by atoms with Crippen molar-refractivity contribution in [3.63, 3.8) is 0 Å². The van der Waals surface area contributed by atoms with Crippen molar-refractivity contribution in [2.24, 2.45) is 17.8 Å². The molecule has 3 unspecified atom stereocenters. The molecule has 20 heavy (non-hydrogen) atoms. The predicted octanol–water partition coefficient (Wildman–Crippen LogP) is 0.718. The third-order valence-corrected chi connectivity index (χ3v) is 3.85. The molecular weight excluding hydrogens is 260 g/mol. The van der Waals surface area contributed by atoms with Gasteiger partial charge in [0.1, 0.15) is 0 Å². The van der Waals surface area contributed by atoms with Crippen LogP contribution in [0.15, 0.2) is 0 Å². The lowest BCUT2D eigenvalue weighted by Crippen LogP contribution is -2.44. The highest BCUT2D eigenvalue weighted by molar-refractivity contribution is 5.89. The number of nitrogens with one attached hydrogen (secondary N) is 1. The molecule has 1 fully saturated rings. The monoisotopic (exact) mass is 284 g/mol. The largest absolute Gasteiger partial charge is 0.481 e. The highest BCUT2D eigenvalue weighted by Crippen LogP contribution is 2.37. The van der Waals surface area contributed by atoms with E-state index in [1.807, 2.05) is 13.8 Å². The molecule has 0 saturated heterocycles. The van der Waals surface area contributed by atoms with E-state index in [1.165, 1.54) is 11.9 Å². The first-order valence-electron chi connectivity index (χ1n) is 7.12. The smallest absolute Gasteiger partial charge is 0.307 e. The summed E-state index contributed by atoms with van der Waals surface area (Å²) in [5.41, 5.74) is 0. The van der Waals surface area contributed by atoms with Gasteiger partial charge in [-0.1, -0.05) is 13.8 Å². The van der Waals surface area contributed by atoms with E-state index in [9.17, 15) is 19.5 Å². The van der Waals surface area contributed by atoms with Gasteiger partial charge in [0.2, 0.25) is 11.8 Å². The molecule has 3 atom stereocenters. The van der Waals surface area contributed by atoms with Crippen LogP contribution in [0.25, 0.3) is 0 Å². The number of carbonyl (C=O) groups excluding carboxylic acids is 2. The molecule has 0 aromatic heterocycles. The molecule has 1 aliphatic rings. The third-order valence-electron chi connectivity index (χ3n) is 3.85. The molecule has 1 aliphatic carbocycles. The van der Waals surface area contributed by atoms with Gasteiger partial charge >= 0.3 is 5.97 Å². The molecule has 0 bridgehead atoms. The number of aliphatic carboxylic acids is 1. The van der Waals surface area contributed by atoms with Gasteiger partial charge in [0.25, 0.3) is 0 Å². The SMILES string of the molecule is CCCN(CC(=O)NC)C(=O)C1CC(C)CC1C(=O)O. The van der Waals surface area contributed by atoms with Crippen molar-refractivity contribution in [1.82, 2.24) is 10.2 Å². The molecule has 0 spiro atoms. The zero-order valence-electron chi connectivity index (χ0n) is 12.4. The predicted molar refractivity (Wildman–Crippen MR) is 74.0 cm³/mol. The van der Waals surface area contributed by atoms with E-state index in [0.29, 0.717) is 19.4 Å². The topological polar surface area (TPSA) is 86.7 Å². The van der Waals surface area contributed by atoms with Crippen LogP contribution < -0.4 is 5.32 Å². The fraction of sp³-hybridized carbons (Fsp3) is 0.786. The summed E-state index contributed by atoms with van der Waals surface area (Å²) in [5.74, 6) is -2.24. The molecule has 0 aromatic rings. The van der Waals surface area contributed by atoms with E-state index < -0.39 is 17.8 Å². The number of amides is 2. The second kappa shape index (κ2) is 7.26. The highest BCUT2D eigenvalue weighted by atomic mass is 16.4. The van der Waals surface area contributed by atoms with Crippen molar-refractivity contribution >= 4 is 17.8 Å². The summed E-state index contributed by atoms with van der Waals surface area (Å²) in [4.78, 5) is 36.8. The first-order valence-corrected chi connectivity index (χ1v) is 7.12. The maximum atomic E-state index is 12.5. The molecular formula is C14H24N2O4. The van der Waals surface area contributed by atoms with E-state index in [-0.39, 0.29) is 24.3 Å². The zero-order valence-corrected chi connectivity index (χ0v) is 12.4. The minimum absolute atomic E-state index is 0.000390. The van der Waals surface area contributed by atoms with Gasteiger partial charge in [-0.15, -0.1) is 0 Å². The van der Waals surface area contributed by atoms with Crippen LogP contribution in [0.2, 0.25) is 0 Å².